The summed E-state index contributed by atoms with van der Waals surface area (Å²) in [5.41, 5.74) is 1.19. The van der Waals surface area contributed by atoms with Crippen LogP contribution in [0.2, 0.25) is 0 Å². The summed E-state index contributed by atoms with van der Waals surface area (Å²) in [5.74, 6) is 1.04. The van der Waals surface area contributed by atoms with E-state index in [4.69, 9.17) is 9.47 Å². The summed E-state index contributed by atoms with van der Waals surface area (Å²) in [5, 5.41) is 3.25. The first-order chi connectivity index (χ1) is 9.29. The number of hydrogen-bond donors (Lipinski definition) is 1. The molecular weight excluding hydrogens is 242 g/mol. The van der Waals surface area contributed by atoms with E-state index >= 15 is 0 Å². The number of ether oxygens (including phenoxy) is 2. The van der Waals surface area contributed by atoms with Gasteiger partial charge in [0.15, 0.2) is 0 Å². The third-order valence-electron chi connectivity index (χ3n) is 3.00. The number of esters is 1. The van der Waals surface area contributed by atoms with Crippen LogP contribution in [0.25, 0.3) is 0 Å². The van der Waals surface area contributed by atoms with Gasteiger partial charge in [-0.25, -0.2) is 0 Å². The molecule has 1 aromatic rings. The van der Waals surface area contributed by atoms with Crippen LogP contribution < -0.4 is 10.1 Å². The lowest BCUT2D eigenvalue weighted by Crippen LogP contribution is -2.21. The third kappa shape index (κ3) is 4.91. The molecule has 0 saturated heterocycles. The van der Waals surface area contributed by atoms with Gasteiger partial charge in [0.1, 0.15) is 12.4 Å². The molecule has 104 valence electrons. The van der Waals surface area contributed by atoms with Crippen LogP contribution in [0.5, 0.6) is 5.75 Å². The molecule has 2 rings (SSSR count). The molecule has 4 nitrogen and oxygen atoms in total. The highest BCUT2D eigenvalue weighted by atomic mass is 16.5. The molecule has 0 aliphatic heterocycles. The summed E-state index contributed by atoms with van der Waals surface area (Å²) in [7, 11) is 0. The average molecular weight is 263 g/mol. The van der Waals surface area contributed by atoms with Crippen molar-refractivity contribution in [1.82, 2.24) is 5.32 Å². The average Bonchev–Trinajstić information content (AvgIpc) is 3.25. The number of benzene rings is 1. The van der Waals surface area contributed by atoms with Crippen molar-refractivity contribution < 1.29 is 14.3 Å². The molecule has 0 atom stereocenters. The maximum Gasteiger partial charge on any atom is 0.308 e. The lowest BCUT2D eigenvalue weighted by atomic mass is 10.2. The van der Waals surface area contributed by atoms with Gasteiger partial charge in [-0.2, -0.15) is 0 Å². The molecule has 0 heterocycles. The molecule has 1 N–H and O–H groups in total. The first kappa shape index (κ1) is 13.9. The van der Waals surface area contributed by atoms with Crippen LogP contribution in [0.1, 0.15) is 25.3 Å². The predicted octanol–water partition coefficient (Wildman–Crippen LogP) is 2.13. The maximum absolute atomic E-state index is 11.3. The Morgan fingerprint density at radius 2 is 2.05 bits per heavy atom. The fraction of sp³-hybridized carbons (Fsp3) is 0.533. The van der Waals surface area contributed by atoms with Crippen LogP contribution in [0.3, 0.4) is 0 Å². The Bertz CT molecular complexity index is 398. The minimum Gasteiger partial charge on any atom is -0.494 e. The Morgan fingerprint density at radius 1 is 1.32 bits per heavy atom. The molecule has 0 amide bonds. The van der Waals surface area contributed by atoms with E-state index in [0.29, 0.717) is 19.8 Å². The molecule has 1 aliphatic rings. The minimum atomic E-state index is -0.0390. The number of carbonyl (C=O) groups excluding carboxylic acids is 1. The standard InChI is InChI=1S/C15H21NO3/c1-2-18-14-7-3-12(4-8-14)11-16-9-10-19-15(17)13-5-6-13/h3-4,7-8,13,16H,2,5-6,9-11H2,1H3. The number of nitrogens with one attached hydrogen (secondary N) is 1. The van der Waals surface area contributed by atoms with E-state index in [1.54, 1.807) is 0 Å². The second-order valence-electron chi connectivity index (χ2n) is 4.70. The van der Waals surface area contributed by atoms with Gasteiger partial charge in [-0.3, -0.25) is 4.79 Å². The van der Waals surface area contributed by atoms with Crippen molar-refractivity contribution in [2.75, 3.05) is 19.8 Å². The van der Waals surface area contributed by atoms with E-state index < -0.39 is 0 Å². The van der Waals surface area contributed by atoms with Crippen molar-refractivity contribution in [2.24, 2.45) is 5.92 Å². The topological polar surface area (TPSA) is 47.6 Å². The molecule has 0 spiro atoms. The lowest BCUT2D eigenvalue weighted by molar-refractivity contribution is -0.145. The van der Waals surface area contributed by atoms with E-state index in [0.717, 1.165) is 25.1 Å². The summed E-state index contributed by atoms with van der Waals surface area (Å²) in [6, 6.07) is 8.00. The lowest BCUT2D eigenvalue weighted by Gasteiger charge is -2.07. The Kier molecular flexibility index (Phi) is 5.21. The number of carbonyl (C=O) groups is 1. The molecule has 1 aromatic carbocycles. The summed E-state index contributed by atoms with van der Waals surface area (Å²) >= 11 is 0. The maximum atomic E-state index is 11.3. The highest BCUT2D eigenvalue weighted by molar-refractivity contribution is 5.74. The Labute approximate surface area is 114 Å². The van der Waals surface area contributed by atoms with Gasteiger partial charge in [0.05, 0.1) is 12.5 Å². The van der Waals surface area contributed by atoms with Crippen molar-refractivity contribution in [1.29, 1.82) is 0 Å². The zero-order chi connectivity index (χ0) is 13.5. The largest absolute Gasteiger partial charge is 0.494 e. The highest BCUT2D eigenvalue weighted by Gasteiger charge is 2.30. The third-order valence-corrected chi connectivity index (χ3v) is 3.00. The Balaban J connectivity index is 1.58. The summed E-state index contributed by atoms with van der Waals surface area (Å²) in [4.78, 5) is 11.3. The van der Waals surface area contributed by atoms with E-state index in [1.807, 2.05) is 31.2 Å². The van der Waals surface area contributed by atoms with Crippen LogP contribution in [-0.4, -0.2) is 25.7 Å². The highest BCUT2D eigenvalue weighted by Crippen LogP contribution is 2.29. The molecule has 1 saturated carbocycles. The molecule has 1 fully saturated rings. The van der Waals surface area contributed by atoms with Crippen molar-refractivity contribution in [2.45, 2.75) is 26.3 Å². The van der Waals surface area contributed by atoms with Gasteiger partial charge >= 0.3 is 5.97 Å². The van der Waals surface area contributed by atoms with Crippen molar-refractivity contribution in [3.8, 4) is 5.75 Å². The van der Waals surface area contributed by atoms with E-state index in [9.17, 15) is 4.79 Å². The number of rotatable bonds is 8. The second-order valence-corrected chi connectivity index (χ2v) is 4.70. The fourth-order valence-electron chi connectivity index (χ4n) is 1.76. The quantitative estimate of drug-likeness (QED) is 0.576. The summed E-state index contributed by atoms with van der Waals surface area (Å²) in [6.07, 6.45) is 2.00. The van der Waals surface area contributed by atoms with E-state index in [1.165, 1.54) is 5.56 Å². The minimum absolute atomic E-state index is 0.0390. The van der Waals surface area contributed by atoms with Gasteiger partial charge in [-0.05, 0) is 37.5 Å². The van der Waals surface area contributed by atoms with E-state index in [-0.39, 0.29) is 11.9 Å². The van der Waals surface area contributed by atoms with E-state index in [2.05, 4.69) is 5.32 Å². The van der Waals surface area contributed by atoms with Gasteiger partial charge in [0.25, 0.3) is 0 Å². The second kappa shape index (κ2) is 7.14. The van der Waals surface area contributed by atoms with Gasteiger partial charge in [-0.1, -0.05) is 12.1 Å². The Hall–Kier alpha value is -1.55. The first-order valence-corrected chi connectivity index (χ1v) is 6.88. The van der Waals surface area contributed by atoms with Crippen molar-refractivity contribution in [3.05, 3.63) is 29.8 Å². The van der Waals surface area contributed by atoms with Crippen molar-refractivity contribution in [3.63, 3.8) is 0 Å². The SMILES string of the molecule is CCOc1ccc(CNCCOC(=O)C2CC2)cc1. The summed E-state index contributed by atoms with van der Waals surface area (Å²) in [6.45, 7) is 4.56. The monoisotopic (exact) mass is 263 g/mol. The molecule has 1 aliphatic carbocycles. The first-order valence-electron chi connectivity index (χ1n) is 6.88. The van der Waals surface area contributed by atoms with Crippen LogP contribution in [0.15, 0.2) is 24.3 Å². The fourth-order valence-corrected chi connectivity index (χ4v) is 1.76. The molecule has 0 aromatic heterocycles. The van der Waals surface area contributed by atoms with Crippen LogP contribution in [0, 0.1) is 5.92 Å². The zero-order valence-electron chi connectivity index (χ0n) is 11.4. The molecule has 19 heavy (non-hydrogen) atoms. The molecular formula is C15H21NO3. The predicted molar refractivity (Wildman–Crippen MR) is 73.0 cm³/mol. The molecule has 0 radical (unpaired) electrons. The number of hydrogen-bond acceptors (Lipinski definition) is 4. The molecule has 0 unspecified atom stereocenters. The zero-order valence-corrected chi connectivity index (χ0v) is 11.4. The van der Waals surface area contributed by atoms with Gasteiger partial charge in [0.2, 0.25) is 0 Å². The van der Waals surface area contributed by atoms with Gasteiger partial charge < -0.3 is 14.8 Å². The summed E-state index contributed by atoms with van der Waals surface area (Å²) < 4.78 is 10.5. The normalized spacial score (nSPS) is 14.2. The Morgan fingerprint density at radius 3 is 2.68 bits per heavy atom. The van der Waals surface area contributed by atoms with Crippen LogP contribution in [0.4, 0.5) is 0 Å². The van der Waals surface area contributed by atoms with Gasteiger partial charge in [0, 0.05) is 13.1 Å². The van der Waals surface area contributed by atoms with Crippen LogP contribution >= 0.6 is 0 Å². The van der Waals surface area contributed by atoms with Crippen LogP contribution in [-0.2, 0) is 16.1 Å². The van der Waals surface area contributed by atoms with Crippen molar-refractivity contribution >= 4 is 5.97 Å². The molecule has 0 bridgehead atoms. The smallest absolute Gasteiger partial charge is 0.308 e. The van der Waals surface area contributed by atoms with Gasteiger partial charge in [-0.15, -0.1) is 0 Å². The molecule has 4 heteroatoms.